The van der Waals surface area contributed by atoms with Gasteiger partial charge in [-0.25, -0.2) is 4.79 Å². The van der Waals surface area contributed by atoms with Crippen LogP contribution in [-0.2, 0) is 14.3 Å². The zero-order valence-electron chi connectivity index (χ0n) is 10.9. The minimum atomic E-state index is -0.771. The molecule has 0 saturated carbocycles. The second kappa shape index (κ2) is 4.44. The molecule has 0 unspecified atom stereocenters. The first kappa shape index (κ1) is 13.2. The number of hydrogen-bond donors (Lipinski definition) is 0. The molecule has 0 spiro atoms. The van der Waals surface area contributed by atoms with E-state index in [4.69, 9.17) is 10.3 Å². The molecule has 7 nitrogen and oxygen atoms in total. The maximum Gasteiger partial charge on any atom is 0.355 e. The van der Waals surface area contributed by atoms with Crippen LogP contribution in [0.2, 0.25) is 0 Å². The Hall–Kier alpha value is -2.27. The second-order valence-electron chi connectivity index (χ2n) is 5.29. The van der Waals surface area contributed by atoms with Crippen molar-refractivity contribution in [2.75, 3.05) is 0 Å². The SMILES string of the molecule is CC(C)(C)OC(=O)C1=CC=C[C@@H]2[C@@H](N=[N+]=[N-])C(=O)N12. The smallest absolute Gasteiger partial charge is 0.355 e. The van der Waals surface area contributed by atoms with Crippen LogP contribution in [0.25, 0.3) is 10.4 Å². The number of allylic oxidation sites excluding steroid dienone is 2. The summed E-state index contributed by atoms with van der Waals surface area (Å²) in [6.45, 7) is 5.26. The van der Waals surface area contributed by atoms with Crippen molar-refractivity contribution in [1.29, 1.82) is 0 Å². The molecule has 19 heavy (non-hydrogen) atoms. The molecule has 2 heterocycles. The normalized spacial score (nSPS) is 24.9. The zero-order chi connectivity index (χ0) is 14.2. The molecule has 2 aliphatic heterocycles. The number of ether oxygens (including phenoxy) is 1. The van der Waals surface area contributed by atoms with Gasteiger partial charge in [0.05, 0.1) is 6.04 Å². The number of carbonyl (C=O) groups excluding carboxylic acids is 2. The van der Waals surface area contributed by atoms with Crippen molar-refractivity contribution in [3.8, 4) is 0 Å². The van der Waals surface area contributed by atoms with Gasteiger partial charge in [-0.2, -0.15) is 0 Å². The van der Waals surface area contributed by atoms with E-state index in [0.29, 0.717) is 0 Å². The Labute approximate surface area is 110 Å². The van der Waals surface area contributed by atoms with Crippen molar-refractivity contribution in [1.82, 2.24) is 4.90 Å². The molecule has 1 fully saturated rings. The van der Waals surface area contributed by atoms with Gasteiger partial charge in [-0.3, -0.25) is 9.69 Å². The number of fused-ring (bicyclic) bond motifs is 1. The monoisotopic (exact) mass is 262 g/mol. The summed E-state index contributed by atoms with van der Waals surface area (Å²) in [6.07, 6.45) is 4.90. The molecule has 0 radical (unpaired) electrons. The van der Waals surface area contributed by atoms with Crippen LogP contribution in [0.15, 0.2) is 29.0 Å². The Kier molecular flexibility index (Phi) is 3.08. The van der Waals surface area contributed by atoms with E-state index < -0.39 is 23.7 Å². The summed E-state index contributed by atoms with van der Waals surface area (Å²) in [5.41, 5.74) is 7.94. The quantitative estimate of drug-likeness (QED) is 0.249. The van der Waals surface area contributed by atoms with Gasteiger partial charge >= 0.3 is 5.97 Å². The van der Waals surface area contributed by atoms with Gasteiger partial charge in [-0.1, -0.05) is 17.3 Å². The van der Waals surface area contributed by atoms with Crippen LogP contribution in [0, 0.1) is 0 Å². The van der Waals surface area contributed by atoms with E-state index in [1.165, 1.54) is 11.0 Å². The summed E-state index contributed by atoms with van der Waals surface area (Å²) >= 11 is 0. The average Bonchev–Trinajstić information content (AvgIpc) is 2.32. The molecule has 2 rings (SSSR count). The first-order chi connectivity index (χ1) is 8.85. The van der Waals surface area contributed by atoms with Gasteiger partial charge in [-0.05, 0) is 32.4 Å². The molecule has 2 aliphatic rings. The zero-order valence-corrected chi connectivity index (χ0v) is 10.9. The van der Waals surface area contributed by atoms with Gasteiger partial charge in [0.1, 0.15) is 17.3 Å². The topological polar surface area (TPSA) is 95.4 Å². The van der Waals surface area contributed by atoms with E-state index in [9.17, 15) is 9.59 Å². The molecule has 0 aliphatic carbocycles. The summed E-state index contributed by atoms with van der Waals surface area (Å²) in [4.78, 5) is 27.8. The fourth-order valence-corrected chi connectivity index (χ4v) is 1.98. The average molecular weight is 262 g/mol. The van der Waals surface area contributed by atoms with E-state index in [-0.39, 0.29) is 11.6 Å². The Morgan fingerprint density at radius 1 is 1.53 bits per heavy atom. The summed E-state index contributed by atoms with van der Waals surface area (Å²) in [6, 6.07) is -1.16. The Balaban J connectivity index is 2.19. The van der Waals surface area contributed by atoms with Crippen molar-refractivity contribution in [2.24, 2.45) is 5.11 Å². The van der Waals surface area contributed by atoms with Crippen LogP contribution in [0.3, 0.4) is 0 Å². The molecule has 7 heteroatoms. The molecular formula is C12H14N4O3. The molecule has 1 amide bonds. The largest absolute Gasteiger partial charge is 0.455 e. The van der Waals surface area contributed by atoms with E-state index in [1.54, 1.807) is 32.9 Å². The predicted octanol–water partition coefficient (Wildman–Crippen LogP) is 1.67. The predicted molar refractivity (Wildman–Crippen MR) is 66.6 cm³/mol. The van der Waals surface area contributed by atoms with E-state index in [0.717, 1.165) is 0 Å². The van der Waals surface area contributed by atoms with E-state index in [1.807, 2.05) is 0 Å². The lowest BCUT2D eigenvalue weighted by Crippen LogP contribution is -2.63. The van der Waals surface area contributed by atoms with Crippen molar-refractivity contribution in [3.63, 3.8) is 0 Å². The molecule has 0 aromatic carbocycles. The van der Waals surface area contributed by atoms with Gasteiger partial charge < -0.3 is 4.74 Å². The number of β-lactam (4-membered cyclic amide) rings is 1. The lowest BCUT2D eigenvalue weighted by molar-refractivity contribution is -0.158. The lowest BCUT2D eigenvalue weighted by atomic mass is 9.91. The number of esters is 1. The highest BCUT2D eigenvalue weighted by atomic mass is 16.6. The number of rotatable bonds is 2. The standard InChI is InChI=1S/C12H14N4O3/c1-12(2,3)19-11(18)8-6-4-5-7-9(14-15-13)10(17)16(7)8/h4-7,9H,1-3H3/t7-,9-/m1/s1. The molecule has 100 valence electrons. The number of nitrogens with zero attached hydrogens (tertiary/aromatic N) is 4. The molecule has 0 aromatic heterocycles. The maximum absolute atomic E-state index is 12.0. The third kappa shape index (κ3) is 2.32. The number of hydrogen-bond acceptors (Lipinski definition) is 4. The summed E-state index contributed by atoms with van der Waals surface area (Å²) < 4.78 is 5.23. The van der Waals surface area contributed by atoms with Crippen LogP contribution in [-0.4, -0.2) is 34.5 Å². The maximum atomic E-state index is 12.0. The van der Waals surface area contributed by atoms with Crippen molar-refractivity contribution in [2.45, 2.75) is 38.5 Å². The van der Waals surface area contributed by atoms with Gasteiger partial charge in [0.25, 0.3) is 0 Å². The van der Waals surface area contributed by atoms with Crippen LogP contribution in [0.1, 0.15) is 20.8 Å². The molecule has 0 bridgehead atoms. The summed E-state index contributed by atoms with van der Waals surface area (Å²) in [7, 11) is 0. The Bertz CT molecular complexity index is 538. The van der Waals surface area contributed by atoms with Crippen molar-refractivity contribution >= 4 is 11.9 Å². The first-order valence-corrected chi connectivity index (χ1v) is 5.84. The highest BCUT2D eigenvalue weighted by molar-refractivity contribution is 6.01. The molecule has 2 atom stereocenters. The Morgan fingerprint density at radius 3 is 2.79 bits per heavy atom. The van der Waals surface area contributed by atoms with Crippen LogP contribution in [0.4, 0.5) is 0 Å². The lowest BCUT2D eigenvalue weighted by Gasteiger charge is -2.45. The molecule has 0 aromatic rings. The van der Waals surface area contributed by atoms with Gasteiger partial charge in [-0.15, -0.1) is 0 Å². The van der Waals surface area contributed by atoms with Gasteiger partial charge in [0.15, 0.2) is 0 Å². The third-order valence-corrected chi connectivity index (χ3v) is 2.72. The molecule has 0 N–H and O–H groups in total. The van der Waals surface area contributed by atoms with Crippen LogP contribution < -0.4 is 0 Å². The number of carbonyl (C=O) groups is 2. The minimum absolute atomic E-state index is 0.178. The van der Waals surface area contributed by atoms with Crippen LogP contribution in [0.5, 0.6) is 0 Å². The highest BCUT2D eigenvalue weighted by Gasteiger charge is 2.50. The van der Waals surface area contributed by atoms with Crippen LogP contribution >= 0.6 is 0 Å². The second-order valence-corrected chi connectivity index (χ2v) is 5.29. The fourth-order valence-electron chi connectivity index (χ4n) is 1.98. The first-order valence-electron chi connectivity index (χ1n) is 5.84. The number of azide groups is 1. The fraction of sp³-hybridized carbons (Fsp3) is 0.500. The minimum Gasteiger partial charge on any atom is -0.455 e. The molecular weight excluding hydrogens is 248 g/mol. The van der Waals surface area contributed by atoms with Crippen molar-refractivity contribution in [3.05, 3.63) is 34.4 Å². The van der Waals surface area contributed by atoms with Crippen molar-refractivity contribution < 1.29 is 14.3 Å². The van der Waals surface area contributed by atoms with Gasteiger partial charge in [0, 0.05) is 4.91 Å². The number of amides is 1. The van der Waals surface area contributed by atoms with E-state index in [2.05, 4.69) is 10.0 Å². The summed E-state index contributed by atoms with van der Waals surface area (Å²) in [5, 5.41) is 3.42. The summed E-state index contributed by atoms with van der Waals surface area (Å²) in [5.74, 6) is -0.946. The van der Waals surface area contributed by atoms with E-state index >= 15 is 0 Å². The molecule has 1 saturated heterocycles. The highest BCUT2D eigenvalue weighted by Crippen LogP contribution is 2.32. The van der Waals surface area contributed by atoms with Gasteiger partial charge in [0.2, 0.25) is 5.91 Å². The third-order valence-electron chi connectivity index (χ3n) is 2.72. The Morgan fingerprint density at radius 2 is 2.21 bits per heavy atom.